The quantitative estimate of drug-likeness (QED) is 0.292. The maximum Gasteiger partial charge on any atom is 0.345 e. The third-order valence-electron chi connectivity index (χ3n) is 2.40. The molecule has 3 N–H and O–H groups in total. The minimum Gasteiger partial charge on any atom is -0.422 e. The number of nitrogens with zero attached hydrogens (tertiary/aromatic N) is 2. The molecule has 0 spiro atoms. The van der Waals surface area contributed by atoms with Gasteiger partial charge < -0.3 is 10.5 Å². The predicted molar refractivity (Wildman–Crippen MR) is 83.2 cm³/mol. The Labute approximate surface area is 126 Å². The van der Waals surface area contributed by atoms with E-state index < -0.39 is 5.97 Å². The fraction of sp³-hybridized carbons (Fsp3) is 0. The highest BCUT2D eigenvalue weighted by atomic mass is 32.1. The van der Waals surface area contributed by atoms with Crippen molar-refractivity contribution in [3.05, 3.63) is 59.9 Å². The van der Waals surface area contributed by atoms with Gasteiger partial charge in [-0.2, -0.15) is 5.10 Å². The smallest absolute Gasteiger partial charge is 0.345 e. The van der Waals surface area contributed by atoms with Crippen LogP contribution in [0.3, 0.4) is 0 Å². The number of hydrogen-bond donors (Lipinski definition) is 2. The van der Waals surface area contributed by atoms with Crippen molar-refractivity contribution in [3.8, 4) is 5.75 Å². The highest BCUT2D eigenvalue weighted by molar-refractivity contribution is 7.80. The molecule has 1 heterocycles. The number of nitrogens with two attached hydrogens (primary N) is 1. The number of esters is 1. The maximum absolute atomic E-state index is 12.0. The third-order valence-corrected chi connectivity index (χ3v) is 2.49. The summed E-state index contributed by atoms with van der Waals surface area (Å²) in [4.78, 5) is 15.9. The molecule has 21 heavy (non-hydrogen) atoms. The number of pyridine rings is 1. The largest absolute Gasteiger partial charge is 0.422 e. The molecule has 1 aromatic heterocycles. The molecule has 0 aliphatic rings. The zero-order chi connectivity index (χ0) is 15.1. The van der Waals surface area contributed by atoms with Gasteiger partial charge in [0.1, 0.15) is 5.75 Å². The average molecular weight is 300 g/mol. The van der Waals surface area contributed by atoms with E-state index in [9.17, 15) is 4.79 Å². The lowest BCUT2D eigenvalue weighted by atomic mass is 10.2. The Hall–Kier alpha value is -2.80. The van der Waals surface area contributed by atoms with Gasteiger partial charge in [0.15, 0.2) is 5.11 Å². The summed E-state index contributed by atoms with van der Waals surface area (Å²) in [6, 6.07) is 10.2. The van der Waals surface area contributed by atoms with Crippen molar-refractivity contribution in [2.45, 2.75) is 0 Å². The Morgan fingerprint density at radius 2 is 2.14 bits per heavy atom. The molecular weight excluding hydrogens is 288 g/mol. The van der Waals surface area contributed by atoms with Crippen LogP contribution in [0.2, 0.25) is 0 Å². The summed E-state index contributed by atoms with van der Waals surface area (Å²) in [5.41, 5.74) is 8.68. The molecule has 6 nitrogen and oxygen atoms in total. The number of hydrogen-bond acceptors (Lipinski definition) is 5. The van der Waals surface area contributed by atoms with Crippen LogP contribution in [0.5, 0.6) is 5.75 Å². The Balaban J connectivity index is 2.15. The number of aromatic nitrogens is 1. The van der Waals surface area contributed by atoms with E-state index in [4.69, 9.17) is 10.5 Å². The second kappa shape index (κ2) is 7.11. The predicted octanol–water partition coefficient (Wildman–Crippen LogP) is 1.47. The number of para-hydroxylation sites is 1. The van der Waals surface area contributed by atoms with E-state index in [0.29, 0.717) is 16.9 Å². The molecular formula is C14H12N4O2S. The topological polar surface area (TPSA) is 89.6 Å². The Bertz CT molecular complexity index is 674. The zero-order valence-corrected chi connectivity index (χ0v) is 11.7. The molecule has 2 rings (SSSR count). The van der Waals surface area contributed by atoms with Crippen LogP contribution in [0.4, 0.5) is 0 Å². The van der Waals surface area contributed by atoms with E-state index in [-0.39, 0.29) is 5.11 Å². The van der Waals surface area contributed by atoms with Crippen LogP contribution in [0.15, 0.2) is 53.9 Å². The monoisotopic (exact) mass is 300 g/mol. The van der Waals surface area contributed by atoms with Crippen LogP contribution in [-0.4, -0.2) is 22.3 Å². The lowest BCUT2D eigenvalue weighted by Gasteiger charge is -2.06. The number of ether oxygens (including phenoxy) is 1. The van der Waals surface area contributed by atoms with Crippen LogP contribution in [0, 0.1) is 0 Å². The number of nitrogens with one attached hydrogen (secondary N) is 1. The molecule has 0 radical (unpaired) electrons. The fourth-order valence-electron chi connectivity index (χ4n) is 1.49. The van der Waals surface area contributed by atoms with Crippen molar-refractivity contribution in [2.24, 2.45) is 10.8 Å². The lowest BCUT2D eigenvalue weighted by Crippen LogP contribution is -2.24. The van der Waals surface area contributed by atoms with E-state index in [1.165, 1.54) is 12.4 Å². The number of carbonyl (C=O) groups is 1. The van der Waals surface area contributed by atoms with Gasteiger partial charge in [0.05, 0.1) is 11.8 Å². The molecule has 0 atom stereocenters. The fourth-order valence-corrected chi connectivity index (χ4v) is 1.54. The minimum absolute atomic E-state index is 0.0519. The van der Waals surface area contributed by atoms with Crippen LogP contribution >= 0.6 is 12.2 Å². The second-order valence-electron chi connectivity index (χ2n) is 3.90. The molecule has 0 saturated heterocycles. The van der Waals surface area contributed by atoms with E-state index in [1.807, 2.05) is 0 Å². The Kier molecular flexibility index (Phi) is 4.94. The van der Waals surface area contributed by atoms with E-state index in [1.54, 1.807) is 42.6 Å². The highest BCUT2D eigenvalue weighted by Gasteiger charge is 2.10. The van der Waals surface area contributed by atoms with Crippen molar-refractivity contribution in [1.82, 2.24) is 10.4 Å². The van der Waals surface area contributed by atoms with Crippen molar-refractivity contribution in [1.29, 1.82) is 0 Å². The standard InChI is InChI=1S/C14H12N4O2S/c15-14(21)18-17-9-10-4-1-2-6-12(10)20-13(19)11-5-3-7-16-8-11/h1-9H,(H3,15,18,21)/b17-9+. The first-order valence-electron chi connectivity index (χ1n) is 5.96. The molecule has 1 aromatic carbocycles. The molecule has 0 aliphatic carbocycles. The van der Waals surface area contributed by atoms with E-state index in [2.05, 4.69) is 27.7 Å². The molecule has 0 unspecified atom stereocenters. The van der Waals surface area contributed by atoms with Crippen molar-refractivity contribution >= 4 is 29.5 Å². The molecule has 106 valence electrons. The normalized spacial score (nSPS) is 10.3. The van der Waals surface area contributed by atoms with Gasteiger partial charge in [0.2, 0.25) is 0 Å². The van der Waals surface area contributed by atoms with Crippen molar-refractivity contribution in [3.63, 3.8) is 0 Å². The molecule has 0 fully saturated rings. The Morgan fingerprint density at radius 1 is 1.33 bits per heavy atom. The van der Waals surface area contributed by atoms with Gasteiger partial charge >= 0.3 is 5.97 Å². The van der Waals surface area contributed by atoms with Crippen LogP contribution < -0.4 is 15.9 Å². The second-order valence-corrected chi connectivity index (χ2v) is 4.34. The number of benzene rings is 1. The first kappa shape index (κ1) is 14.6. The van der Waals surface area contributed by atoms with Crippen LogP contribution in [0.1, 0.15) is 15.9 Å². The summed E-state index contributed by atoms with van der Waals surface area (Å²) in [5.74, 6) is -0.119. The first-order chi connectivity index (χ1) is 10.2. The molecule has 0 aliphatic heterocycles. The first-order valence-corrected chi connectivity index (χ1v) is 6.37. The third kappa shape index (κ3) is 4.36. The van der Waals surface area contributed by atoms with Gasteiger partial charge in [0.25, 0.3) is 0 Å². The summed E-state index contributed by atoms with van der Waals surface area (Å²) in [7, 11) is 0. The van der Waals surface area contributed by atoms with Gasteiger partial charge in [-0.05, 0) is 36.5 Å². The SMILES string of the molecule is NC(=S)N/N=C/c1ccccc1OC(=O)c1cccnc1. The zero-order valence-electron chi connectivity index (χ0n) is 10.9. The van der Waals surface area contributed by atoms with Gasteiger partial charge in [-0.25, -0.2) is 4.79 Å². The summed E-state index contributed by atoms with van der Waals surface area (Å²) < 4.78 is 5.33. The number of rotatable bonds is 4. The van der Waals surface area contributed by atoms with E-state index >= 15 is 0 Å². The molecule has 2 aromatic rings. The van der Waals surface area contributed by atoms with E-state index in [0.717, 1.165) is 0 Å². The summed E-state index contributed by atoms with van der Waals surface area (Å²) in [5, 5.41) is 3.89. The molecule has 0 saturated carbocycles. The van der Waals surface area contributed by atoms with Crippen LogP contribution in [-0.2, 0) is 0 Å². The van der Waals surface area contributed by atoms with Crippen molar-refractivity contribution < 1.29 is 9.53 Å². The van der Waals surface area contributed by atoms with Gasteiger partial charge in [-0.15, -0.1) is 0 Å². The number of carbonyl (C=O) groups excluding carboxylic acids is 1. The van der Waals surface area contributed by atoms with Crippen LogP contribution in [0.25, 0.3) is 0 Å². The maximum atomic E-state index is 12.0. The van der Waals surface area contributed by atoms with Gasteiger partial charge in [0, 0.05) is 18.0 Å². The number of thiocarbonyl (C=S) groups is 1. The van der Waals surface area contributed by atoms with Crippen molar-refractivity contribution in [2.75, 3.05) is 0 Å². The lowest BCUT2D eigenvalue weighted by molar-refractivity contribution is 0.0734. The molecule has 0 bridgehead atoms. The average Bonchev–Trinajstić information content (AvgIpc) is 2.49. The minimum atomic E-state index is -0.494. The molecule has 7 heteroatoms. The summed E-state index contributed by atoms with van der Waals surface area (Å²) in [6.07, 6.45) is 4.48. The summed E-state index contributed by atoms with van der Waals surface area (Å²) >= 11 is 4.64. The van der Waals surface area contributed by atoms with Gasteiger partial charge in [-0.3, -0.25) is 10.4 Å². The highest BCUT2D eigenvalue weighted by Crippen LogP contribution is 2.17. The number of hydrazone groups is 1. The van der Waals surface area contributed by atoms with Gasteiger partial charge in [-0.1, -0.05) is 12.1 Å². The Morgan fingerprint density at radius 3 is 2.86 bits per heavy atom. The molecule has 0 amide bonds. The summed E-state index contributed by atoms with van der Waals surface area (Å²) in [6.45, 7) is 0.